The number of carbonyl (C=O) groups excluding carboxylic acids is 1. The maximum Gasteiger partial charge on any atom is 0.505 e. The van der Waals surface area contributed by atoms with Gasteiger partial charge in [0.05, 0.1) is 18.2 Å². The van der Waals surface area contributed by atoms with Crippen LogP contribution in [0.1, 0.15) is 33.7 Å². The number of furan rings is 1. The largest absolute Gasteiger partial charge is 0.505 e. The van der Waals surface area contributed by atoms with Crippen molar-refractivity contribution in [2.75, 3.05) is 6.54 Å². The molecule has 154 valence electrons. The number of amides is 1. The number of carbonyl (C=O) groups is 1. The van der Waals surface area contributed by atoms with Gasteiger partial charge in [-0.1, -0.05) is 12.1 Å². The first-order valence-corrected chi connectivity index (χ1v) is 8.97. The number of H-pyrrole nitrogens is 1. The Morgan fingerprint density at radius 2 is 2.10 bits per heavy atom. The molecule has 5 rings (SSSR count). The van der Waals surface area contributed by atoms with Gasteiger partial charge in [0.2, 0.25) is 0 Å². The van der Waals surface area contributed by atoms with Crippen LogP contribution in [0.15, 0.2) is 47.3 Å². The molecule has 3 aromatic heterocycles. The van der Waals surface area contributed by atoms with Crippen molar-refractivity contribution in [3.63, 3.8) is 0 Å². The molecule has 30 heavy (non-hydrogen) atoms. The molecule has 1 aliphatic heterocycles. The first-order chi connectivity index (χ1) is 14.3. The lowest BCUT2D eigenvalue weighted by Gasteiger charge is -2.33. The van der Waals surface area contributed by atoms with Crippen molar-refractivity contribution in [1.29, 1.82) is 0 Å². The van der Waals surface area contributed by atoms with Crippen molar-refractivity contribution in [3.05, 3.63) is 71.5 Å². The van der Waals surface area contributed by atoms with E-state index in [9.17, 15) is 22.4 Å². The molecule has 7 nitrogen and oxygen atoms in total. The van der Waals surface area contributed by atoms with E-state index in [-0.39, 0.29) is 22.6 Å². The van der Waals surface area contributed by atoms with E-state index >= 15 is 0 Å². The molecule has 1 aliphatic rings. The van der Waals surface area contributed by atoms with Crippen LogP contribution < -0.4 is 0 Å². The Morgan fingerprint density at radius 3 is 2.87 bits per heavy atom. The van der Waals surface area contributed by atoms with Crippen molar-refractivity contribution in [3.8, 4) is 0 Å². The Bertz CT molecular complexity index is 1260. The minimum absolute atomic E-state index is 0.00268. The van der Waals surface area contributed by atoms with E-state index in [1.165, 1.54) is 23.4 Å². The highest BCUT2D eigenvalue weighted by Gasteiger charge is 2.41. The highest BCUT2D eigenvalue weighted by Crippen LogP contribution is 2.38. The third-order valence-electron chi connectivity index (χ3n) is 5.07. The summed E-state index contributed by atoms with van der Waals surface area (Å²) in [6.45, 7) is 0.112. The molecule has 0 bridgehead atoms. The number of rotatable bonds is 2. The van der Waals surface area contributed by atoms with E-state index in [4.69, 9.17) is 4.42 Å². The molecule has 0 unspecified atom stereocenters. The number of alkyl halides is 3. The highest BCUT2D eigenvalue weighted by atomic mass is 19.4. The fraction of sp³-hybridized carbons (Fsp3) is 0.211. The summed E-state index contributed by atoms with van der Waals surface area (Å²) in [5.41, 5.74) is 0.540. The van der Waals surface area contributed by atoms with Crippen molar-refractivity contribution < 1.29 is 26.8 Å². The molecule has 11 heteroatoms. The molecular formula is C19H13F4N5O2. The van der Waals surface area contributed by atoms with Crippen LogP contribution in [-0.2, 0) is 12.7 Å². The minimum Gasteiger partial charge on any atom is -0.455 e. The van der Waals surface area contributed by atoms with Gasteiger partial charge in [0.25, 0.3) is 5.91 Å². The number of hydrogen-bond donors (Lipinski definition) is 1. The van der Waals surface area contributed by atoms with Gasteiger partial charge in [0, 0.05) is 24.0 Å². The van der Waals surface area contributed by atoms with E-state index in [0.29, 0.717) is 17.5 Å². The summed E-state index contributed by atoms with van der Waals surface area (Å²) in [6.07, 6.45) is -2.13. The summed E-state index contributed by atoms with van der Waals surface area (Å²) in [7, 11) is 0. The number of fused-ring (bicyclic) bond motifs is 2. The predicted molar refractivity (Wildman–Crippen MR) is 94.9 cm³/mol. The number of para-hydroxylation sites is 1. The lowest BCUT2D eigenvalue weighted by atomic mass is 9.99. The van der Waals surface area contributed by atoms with Crippen LogP contribution in [0.3, 0.4) is 0 Å². The molecule has 4 aromatic rings. The molecule has 0 aliphatic carbocycles. The zero-order valence-electron chi connectivity index (χ0n) is 15.2. The number of benzene rings is 1. The number of halogens is 4. The third-order valence-corrected chi connectivity index (χ3v) is 5.07. The Morgan fingerprint density at radius 1 is 1.27 bits per heavy atom. The van der Waals surface area contributed by atoms with E-state index in [0.717, 1.165) is 18.0 Å². The minimum atomic E-state index is -4.85. The van der Waals surface area contributed by atoms with E-state index in [1.54, 1.807) is 12.1 Å². The van der Waals surface area contributed by atoms with Gasteiger partial charge in [-0.15, -0.1) is 13.2 Å². The summed E-state index contributed by atoms with van der Waals surface area (Å²) in [6, 6.07) is 6.05. The van der Waals surface area contributed by atoms with E-state index in [1.807, 2.05) is 0 Å². The van der Waals surface area contributed by atoms with Gasteiger partial charge in [0.15, 0.2) is 11.4 Å². The smallest absolute Gasteiger partial charge is 0.455 e. The zero-order valence-corrected chi connectivity index (χ0v) is 15.2. The first-order valence-electron chi connectivity index (χ1n) is 8.97. The first kappa shape index (κ1) is 18.4. The molecule has 0 saturated heterocycles. The Hall–Kier alpha value is -3.63. The van der Waals surface area contributed by atoms with Crippen LogP contribution in [0.4, 0.5) is 17.6 Å². The normalized spacial score (nSPS) is 16.8. The van der Waals surface area contributed by atoms with Crippen LogP contribution in [0.5, 0.6) is 0 Å². The molecule has 4 heterocycles. The molecule has 1 amide bonds. The summed E-state index contributed by atoms with van der Waals surface area (Å²) < 4.78 is 59.3. The van der Waals surface area contributed by atoms with Gasteiger partial charge in [-0.2, -0.15) is 9.78 Å². The SMILES string of the molecule is O=C(c1ccnn1C(F)(F)F)N1CCc2[nH]cnc2[C@H]1c1cc2cccc(F)c2o1. The average molecular weight is 419 g/mol. The number of imidazole rings is 1. The lowest BCUT2D eigenvalue weighted by molar-refractivity contribution is -0.213. The van der Waals surface area contributed by atoms with Crippen LogP contribution in [0.2, 0.25) is 0 Å². The predicted octanol–water partition coefficient (Wildman–Crippen LogP) is 3.76. The summed E-state index contributed by atoms with van der Waals surface area (Å²) in [5, 5.41) is 3.70. The fourth-order valence-electron chi connectivity index (χ4n) is 3.78. The maximum absolute atomic E-state index is 14.1. The maximum atomic E-state index is 14.1. The Labute approximate surface area is 165 Å². The van der Waals surface area contributed by atoms with Crippen LogP contribution in [0, 0.1) is 5.82 Å². The van der Waals surface area contributed by atoms with Gasteiger partial charge in [-0.3, -0.25) is 4.79 Å². The fourth-order valence-corrected chi connectivity index (χ4v) is 3.78. The molecule has 0 spiro atoms. The van der Waals surface area contributed by atoms with Crippen molar-refractivity contribution >= 4 is 16.9 Å². The quantitative estimate of drug-likeness (QED) is 0.502. The molecule has 1 atom stereocenters. The van der Waals surface area contributed by atoms with Crippen molar-refractivity contribution in [2.45, 2.75) is 18.8 Å². The van der Waals surface area contributed by atoms with E-state index < -0.39 is 29.8 Å². The molecule has 0 fully saturated rings. The number of aromatic amines is 1. The molecule has 0 saturated carbocycles. The van der Waals surface area contributed by atoms with Gasteiger partial charge >= 0.3 is 6.30 Å². The van der Waals surface area contributed by atoms with Crippen LogP contribution in [0.25, 0.3) is 11.0 Å². The molecule has 1 N–H and O–H groups in total. The topological polar surface area (TPSA) is 80.0 Å². The second-order valence-corrected chi connectivity index (χ2v) is 6.82. The zero-order chi connectivity index (χ0) is 21.0. The van der Waals surface area contributed by atoms with Crippen LogP contribution in [-0.4, -0.2) is 37.1 Å². The number of nitrogens with zero attached hydrogens (tertiary/aromatic N) is 4. The van der Waals surface area contributed by atoms with Gasteiger partial charge in [0.1, 0.15) is 17.5 Å². The van der Waals surface area contributed by atoms with Gasteiger partial charge in [-0.25, -0.2) is 9.37 Å². The standard InChI is InChI=1S/C19H13F4N5O2/c20-11-3-1-2-10-8-14(30-17(10)11)16-15-12(24-9-25-15)5-7-27(16)18(29)13-4-6-26-28(13)19(21,22)23/h1-4,6,8-9,16H,5,7H2,(H,24,25)/t16-/m1/s1. The monoisotopic (exact) mass is 419 g/mol. The highest BCUT2D eigenvalue weighted by molar-refractivity contribution is 5.93. The van der Waals surface area contributed by atoms with Gasteiger partial charge < -0.3 is 14.3 Å². The van der Waals surface area contributed by atoms with Gasteiger partial charge in [-0.05, 0) is 18.2 Å². The second kappa shape index (κ2) is 6.44. The molecular weight excluding hydrogens is 406 g/mol. The Kier molecular flexibility index (Phi) is 3.95. The van der Waals surface area contributed by atoms with E-state index in [2.05, 4.69) is 15.1 Å². The summed E-state index contributed by atoms with van der Waals surface area (Å²) in [4.78, 5) is 21.6. The second-order valence-electron chi connectivity index (χ2n) is 6.82. The number of nitrogens with one attached hydrogen (secondary N) is 1. The Balaban J connectivity index is 1.63. The number of aromatic nitrogens is 4. The summed E-state index contributed by atoms with van der Waals surface area (Å²) in [5.74, 6) is -1.26. The van der Waals surface area contributed by atoms with Crippen LogP contribution >= 0.6 is 0 Å². The third kappa shape index (κ3) is 2.77. The van der Waals surface area contributed by atoms with Crippen molar-refractivity contribution in [1.82, 2.24) is 24.6 Å². The average Bonchev–Trinajstić information content (AvgIpc) is 3.44. The summed E-state index contributed by atoms with van der Waals surface area (Å²) >= 11 is 0. The number of hydrogen-bond acceptors (Lipinski definition) is 4. The lowest BCUT2D eigenvalue weighted by Crippen LogP contribution is -2.42. The molecule has 1 aromatic carbocycles. The molecule has 0 radical (unpaired) electrons. The van der Waals surface area contributed by atoms with Crippen molar-refractivity contribution in [2.24, 2.45) is 0 Å².